The largest absolute Gasteiger partial charge is 0.351 e. The molecule has 70 valence electrons. The molecule has 1 rings (SSSR count). The maximum absolute atomic E-state index is 10.9. The molecule has 0 aliphatic carbocycles. The number of urea groups is 1. The van der Waals surface area contributed by atoms with Gasteiger partial charge in [0.15, 0.2) is 0 Å². The number of anilines is 1. The summed E-state index contributed by atoms with van der Waals surface area (Å²) >= 11 is 10.0. The van der Waals surface area contributed by atoms with E-state index in [2.05, 4.69) is 12.6 Å². The molecule has 13 heavy (non-hydrogen) atoms. The molecule has 0 atom stereocenters. The zero-order valence-electron chi connectivity index (χ0n) is 6.99. The smallest absolute Gasteiger partial charge is 0.319 e. The third-order valence-electron chi connectivity index (χ3n) is 1.63. The summed E-state index contributed by atoms with van der Waals surface area (Å²) in [5.41, 5.74) is 5.63. The van der Waals surface area contributed by atoms with E-state index >= 15 is 0 Å². The standard InChI is InChI=1S/C8H9ClN2OS/c1-11(8(10)12)7-5(9)3-2-4-6(7)13/h2-4,13H,1H3,(H2,10,12). The van der Waals surface area contributed by atoms with Crippen LogP contribution >= 0.6 is 24.2 Å². The van der Waals surface area contributed by atoms with E-state index in [9.17, 15) is 4.79 Å². The summed E-state index contributed by atoms with van der Waals surface area (Å²) in [6, 6.07) is 4.60. The molecule has 2 N–H and O–H groups in total. The summed E-state index contributed by atoms with van der Waals surface area (Å²) in [6.07, 6.45) is 0. The zero-order valence-corrected chi connectivity index (χ0v) is 8.64. The maximum Gasteiger partial charge on any atom is 0.319 e. The number of thiol groups is 1. The van der Waals surface area contributed by atoms with Crippen LogP contribution in [0.4, 0.5) is 10.5 Å². The number of nitrogens with two attached hydrogens (primary N) is 1. The van der Waals surface area contributed by atoms with Crippen LogP contribution in [0.1, 0.15) is 0 Å². The van der Waals surface area contributed by atoms with E-state index in [1.54, 1.807) is 25.2 Å². The van der Waals surface area contributed by atoms with Gasteiger partial charge in [-0.25, -0.2) is 4.79 Å². The van der Waals surface area contributed by atoms with E-state index in [4.69, 9.17) is 17.3 Å². The van der Waals surface area contributed by atoms with Gasteiger partial charge in [-0.2, -0.15) is 0 Å². The summed E-state index contributed by atoms with van der Waals surface area (Å²) in [4.78, 5) is 12.7. The zero-order chi connectivity index (χ0) is 10.0. The Bertz CT molecular complexity index is 323. The molecule has 1 aromatic rings. The number of carbonyl (C=O) groups excluding carboxylic acids is 1. The van der Waals surface area contributed by atoms with Gasteiger partial charge in [0.1, 0.15) is 0 Å². The van der Waals surface area contributed by atoms with Gasteiger partial charge < -0.3 is 5.73 Å². The predicted octanol–water partition coefficient (Wildman–Crippen LogP) is 2.14. The lowest BCUT2D eigenvalue weighted by atomic mass is 10.3. The summed E-state index contributed by atoms with van der Waals surface area (Å²) in [7, 11) is 1.54. The third-order valence-corrected chi connectivity index (χ3v) is 2.30. The molecule has 0 saturated heterocycles. The van der Waals surface area contributed by atoms with Crippen molar-refractivity contribution in [1.82, 2.24) is 0 Å². The van der Waals surface area contributed by atoms with Crippen LogP contribution in [0, 0.1) is 0 Å². The highest BCUT2D eigenvalue weighted by Crippen LogP contribution is 2.31. The van der Waals surface area contributed by atoms with Gasteiger partial charge in [0.25, 0.3) is 0 Å². The van der Waals surface area contributed by atoms with Crippen molar-refractivity contribution >= 4 is 35.9 Å². The van der Waals surface area contributed by atoms with Crippen molar-refractivity contribution in [3.05, 3.63) is 23.2 Å². The second-order valence-electron chi connectivity index (χ2n) is 2.50. The van der Waals surface area contributed by atoms with Crippen molar-refractivity contribution in [3.63, 3.8) is 0 Å². The molecule has 0 aliphatic rings. The van der Waals surface area contributed by atoms with Crippen molar-refractivity contribution < 1.29 is 4.79 Å². The average Bonchev–Trinajstić information content (AvgIpc) is 2.03. The van der Waals surface area contributed by atoms with Crippen LogP contribution in [0.5, 0.6) is 0 Å². The van der Waals surface area contributed by atoms with Crippen LogP contribution in [0.3, 0.4) is 0 Å². The average molecular weight is 217 g/mol. The second-order valence-corrected chi connectivity index (χ2v) is 3.39. The number of para-hydroxylation sites is 1. The number of primary amides is 1. The molecule has 3 nitrogen and oxygen atoms in total. The lowest BCUT2D eigenvalue weighted by Crippen LogP contribution is -2.32. The van der Waals surface area contributed by atoms with E-state index in [1.165, 1.54) is 4.90 Å². The molecular weight excluding hydrogens is 208 g/mol. The molecule has 0 aliphatic heterocycles. The molecule has 0 spiro atoms. The predicted molar refractivity (Wildman–Crippen MR) is 56.7 cm³/mol. The van der Waals surface area contributed by atoms with Gasteiger partial charge in [-0.15, -0.1) is 12.6 Å². The van der Waals surface area contributed by atoms with E-state index in [0.29, 0.717) is 15.6 Å². The highest BCUT2D eigenvalue weighted by atomic mass is 35.5. The number of amides is 2. The van der Waals surface area contributed by atoms with E-state index in [1.807, 2.05) is 0 Å². The number of halogens is 1. The molecule has 0 bridgehead atoms. The van der Waals surface area contributed by atoms with E-state index in [-0.39, 0.29) is 0 Å². The number of nitrogens with zero attached hydrogens (tertiary/aromatic N) is 1. The third kappa shape index (κ3) is 2.08. The lowest BCUT2D eigenvalue weighted by molar-refractivity contribution is 0.255. The minimum absolute atomic E-state index is 0.453. The van der Waals surface area contributed by atoms with Gasteiger partial charge in [0, 0.05) is 11.9 Å². The first-order chi connectivity index (χ1) is 6.04. The first-order valence-electron chi connectivity index (χ1n) is 3.54. The van der Waals surface area contributed by atoms with Gasteiger partial charge in [-0.3, -0.25) is 4.90 Å². The molecule has 0 saturated carbocycles. The van der Waals surface area contributed by atoms with Gasteiger partial charge >= 0.3 is 6.03 Å². The Morgan fingerprint density at radius 1 is 1.62 bits per heavy atom. The first-order valence-corrected chi connectivity index (χ1v) is 4.37. The Morgan fingerprint density at radius 3 is 2.69 bits per heavy atom. The summed E-state index contributed by atoms with van der Waals surface area (Å²) in [5.74, 6) is 0. The fraction of sp³-hybridized carbons (Fsp3) is 0.125. The Labute approximate surface area is 86.9 Å². The lowest BCUT2D eigenvalue weighted by Gasteiger charge is -2.17. The molecule has 5 heteroatoms. The molecule has 0 aromatic heterocycles. The van der Waals surface area contributed by atoms with Crippen LogP contribution in [0.15, 0.2) is 23.1 Å². The van der Waals surface area contributed by atoms with Crippen molar-refractivity contribution in [3.8, 4) is 0 Å². The molecule has 0 radical (unpaired) electrons. The highest BCUT2D eigenvalue weighted by molar-refractivity contribution is 7.80. The SMILES string of the molecule is CN(C(N)=O)c1c(S)cccc1Cl. The second kappa shape index (κ2) is 3.89. The van der Waals surface area contributed by atoms with Gasteiger partial charge in [0.05, 0.1) is 10.7 Å². The van der Waals surface area contributed by atoms with Crippen LogP contribution in [0.2, 0.25) is 5.02 Å². The Hall–Kier alpha value is -0.870. The van der Waals surface area contributed by atoms with Gasteiger partial charge in [-0.05, 0) is 12.1 Å². The monoisotopic (exact) mass is 216 g/mol. The Morgan fingerprint density at radius 2 is 2.23 bits per heavy atom. The quantitative estimate of drug-likeness (QED) is 0.695. The molecular formula is C8H9ClN2OS. The minimum Gasteiger partial charge on any atom is -0.351 e. The highest BCUT2D eigenvalue weighted by Gasteiger charge is 2.12. The summed E-state index contributed by atoms with van der Waals surface area (Å²) in [6.45, 7) is 0. The molecule has 1 aromatic carbocycles. The van der Waals surface area contributed by atoms with Crippen LogP contribution in [0.25, 0.3) is 0 Å². The van der Waals surface area contributed by atoms with Crippen LogP contribution in [-0.4, -0.2) is 13.1 Å². The number of carbonyl (C=O) groups is 1. The number of hydrogen-bond acceptors (Lipinski definition) is 2. The van der Waals surface area contributed by atoms with Crippen molar-refractivity contribution in [2.45, 2.75) is 4.90 Å². The number of hydrogen-bond donors (Lipinski definition) is 2. The van der Waals surface area contributed by atoms with Crippen LogP contribution < -0.4 is 10.6 Å². The van der Waals surface area contributed by atoms with E-state index in [0.717, 1.165) is 0 Å². The number of benzene rings is 1. The molecule has 2 amide bonds. The first kappa shape index (κ1) is 10.2. The van der Waals surface area contributed by atoms with Gasteiger partial charge in [0.2, 0.25) is 0 Å². The molecule has 0 fully saturated rings. The van der Waals surface area contributed by atoms with E-state index < -0.39 is 6.03 Å². The van der Waals surface area contributed by atoms with Crippen molar-refractivity contribution in [1.29, 1.82) is 0 Å². The minimum atomic E-state index is -0.566. The van der Waals surface area contributed by atoms with Crippen molar-refractivity contribution in [2.24, 2.45) is 5.73 Å². The van der Waals surface area contributed by atoms with Gasteiger partial charge in [-0.1, -0.05) is 17.7 Å². The summed E-state index contributed by atoms with van der Waals surface area (Å²) in [5, 5.41) is 0.453. The molecule has 0 unspecified atom stereocenters. The Kier molecular flexibility index (Phi) is 3.06. The number of rotatable bonds is 1. The fourth-order valence-electron chi connectivity index (χ4n) is 0.946. The van der Waals surface area contributed by atoms with Crippen LogP contribution in [-0.2, 0) is 0 Å². The maximum atomic E-state index is 10.9. The normalized spacial score (nSPS) is 9.77. The topological polar surface area (TPSA) is 46.3 Å². The Balaban J connectivity index is 3.20. The summed E-state index contributed by atoms with van der Waals surface area (Å²) < 4.78 is 0. The van der Waals surface area contributed by atoms with Crippen molar-refractivity contribution in [2.75, 3.05) is 11.9 Å². The fourth-order valence-corrected chi connectivity index (χ4v) is 1.67. The molecule has 0 heterocycles.